The second kappa shape index (κ2) is 13.7. The van der Waals surface area contributed by atoms with Gasteiger partial charge in [0, 0.05) is 57.9 Å². The molecule has 2 aliphatic rings. The van der Waals surface area contributed by atoms with E-state index in [9.17, 15) is 4.79 Å². The van der Waals surface area contributed by atoms with E-state index in [0.717, 1.165) is 32.4 Å². The number of nitrogens with zero attached hydrogens (tertiary/aromatic N) is 7. The predicted molar refractivity (Wildman–Crippen MR) is 164 cm³/mol. The van der Waals surface area contributed by atoms with Gasteiger partial charge < -0.3 is 25.6 Å². The van der Waals surface area contributed by atoms with Crippen molar-refractivity contribution >= 4 is 46.6 Å². The van der Waals surface area contributed by atoms with Crippen molar-refractivity contribution in [2.75, 3.05) is 50.4 Å². The number of anilines is 2. The van der Waals surface area contributed by atoms with Gasteiger partial charge in [-0.3, -0.25) is 14.7 Å². The first kappa shape index (κ1) is 30.8. The van der Waals surface area contributed by atoms with Gasteiger partial charge in [-0.25, -0.2) is 15.0 Å². The zero-order chi connectivity index (χ0) is 29.7. The number of nitrogens with one attached hydrogen (secondary N) is 1. The van der Waals surface area contributed by atoms with Gasteiger partial charge in [0.2, 0.25) is 5.90 Å². The van der Waals surface area contributed by atoms with Crippen LogP contribution in [0.5, 0.6) is 0 Å². The molecule has 2 aromatic rings. The Kier molecular flexibility index (Phi) is 10.3. The fourth-order valence-corrected chi connectivity index (χ4v) is 5.99. The predicted octanol–water partition coefficient (Wildman–Crippen LogP) is 3.83. The van der Waals surface area contributed by atoms with Crippen LogP contribution in [-0.2, 0) is 4.74 Å². The summed E-state index contributed by atoms with van der Waals surface area (Å²) in [6.07, 6.45) is 4.40. The third-order valence-corrected chi connectivity index (χ3v) is 8.16. The van der Waals surface area contributed by atoms with E-state index in [0.29, 0.717) is 65.7 Å². The molecule has 1 amide bonds. The van der Waals surface area contributed by atoms with Crippen LogP contribution in [0.2, 0.25) is 10.3 Å². The van der Waals surface area contributed by atoms with Crippen molar-refractivity contribution in [1.82, 2.24) is 30.1 Å². The van der Waals surface area contributed by atoms with Crippen molar-refractivity contribution in [2.24, 2.45) is 4.99 Å². The first-order valence-corrected chi connectivity index (χ1v) is 14.8. The number of aliphatic imine (C=N–C) groups is 1. The van der Waals surface area contributed by atoms with E-state index in [-0.39, 0.29) is 22.9 Å². The number of hydrogen-bond donors (Lipinski definition) is 2. The number of nitrogens with two attached hydrogens (primary N) is 1. The Morgan fingerprint density at radius 1 is 1.22 bits per heavy atom. The second-order valence-electron chi connectivity index (χ2n) is 10.3. The van der Waals surface area contributed by atoms with Crippen molar-refractivity contribution in [2.45, 2.75) is 58.2 Å². The number of piperazine rings is 1. The van der Waals surface area contributed by atoms with E-state index < -0.39 is 0 Å². The Labute approximate surface area is 251 Å². The summed E-state index contributed by atoms with van der Waals surface area (Å²) in [7, 11) is 1.62. The number of rotatable bonds is 8. The summed E-state index contributed by atoms with van der Waals surface area (Å²) in [5, 5.41) is 3.58. The maximum absolute atomic E-state index is 13.1. The van der Waals surface area contributed by atoms with Crippen LogP contribution in [-0.4, -0.2) is 94.5 Å². The minimum absolute atomic E-state index is 0.0976. The minimum Gasteiger partial charge on any atom is -0.422 e. The molecule has 0 spiro atoms. The summed E-state index contributed by atoms with van der Waals surface area (Å²) in [4.78, 5) is 37.2. The largest absolute Gasteiger partial charge is 0.422 e. The van der Waals surface area contributed by atoms with Gasteiger partial charge in [0.15, 0.2) is 16.9 Å². The molecule has 4 heterocycles. The van der Waals surface area contributed by atoms with Crippen LogP contribution in [0.3, 0.4) is 0 Å². The molecule has 0 bridgehead atoms. The molecule has 13 heteroatoms. The lowest BCUT2D eigenvalue weighted by molar-refractivity contribution is 0.0435. The van der Waals surface area contributed by atoms with Crippen LogP contribution >= 0.6 is 23.2 Å². The van der Waals surface area contributed by atoms with E-state index in [1.54, 1.807) is 25.4 Å². The van der Waals surface area contributed by atoms with Gasteiger partial charge in [0.25, 0.3) is 5.91 Å². The van der Waals surface area contributed by atoms with Crippen LogP contribution in [0.25, 0.3) is 0 Å². The van der Waals surface area contributed by atoms with E-state index >= 15 is 0 Å². The molecule has 0 aromatic carbocycles. The standard InChI is InChI=1S/C28H39Cl2N9O2/c1-6-19-16-38(26-24(30)35-22(14-34-26)27(32-5)41-18(4)33-7-2)17(3)15-39(19)20-10-12-37(13-11-20)28(40)21-8-9-23(29)36-25(21)31/h8-9,14,17,19-20,33H,4,6-7,10-13,15-16H2,1-3,5H3,(H2,31,36)/t17-,19?/m1/s1. The van der Waals surface area contributed by atoms with Crippen LogP contribution in [0.15, 0.2) is 35.8 Å². The molecule has 4 rings (SSSR count). The first-order valence-electron chi connectivity index (χ1n) is 14.0. The van der Waals surface area contributed by atoms with Gasteiger partial charge >= 0.3 is 0 Å². The average Bonchev–Trinajstić information content (AvgIpc) is 2.96. The SMILES string of the molecule is C=C(NCC)OC(=NC)c1cnc(N2CC(CC)N(C3CCN(C(=O)c4ccc(Cl)nc4N)CC3)C[C@H]2C)c(Cl)n1. The maximum atomic E-state index is 13.1. The van der Waals surface area contributed by atoms with E-state index in [2.05, 4.69) is 55.5 Å². The molecule has 0 aliphatic carbocycles. The van der Waals surface area contributed by atoms with Gasteiger partial charge in [-0.05, 0) is 51.8 Å². The highest BCUT2D eigenvalue weighted by molar-refractivity contribution is 6.32. The van der Waals surface area contributed by atoms with Gasteiger partial charge in [-0.15, -0.1) is 0 Å². The number of carbonyl (C=O) groups excluding carboxylic acids is 1. The topological polar surface area (TPSA) is 125 Å². The quantitative estimate of drug-likeness (QED) is 0.200. The molecule has 3 N–H and O–H groups in total. The van der Waals surface area contributed by atoms with Crippen molar-refractivity contribution < 1.29 is 9.53 Å². The average molecular weight is 605 g/mol. The zero-order valence-corrected chi connectivity index (χ0v) is 25.6. The molecule has 2 aliphatic heterocycles. The Hall–Kier alpha value is -3.15. The number of likely N-dealkylation sites (tertiary alicyclic amines) is 1. The molecule has 222 valence electrons. The Morgan fingerprint density at radius 3 is 2.56 bits per heavy atom. The number of halogens is 2. The Balaban J connectivity index is 1.41. The lowest BCUT2D eigenvalue weighted by atomic mass is 9.96. The lowest BCUT2D eigenvalue weighted by Gasteiger charge is -2.50. The molecule has 2 saturated heterocycles. The summed E-state index contributed by atoms with van der Waals surface area (Å²) >= 11 is 12.6. The molecule has 2 atom stereocenters. The first-order chi connectivity index (χ1) is 19.7. The Bertz CT molecular complexity index is 1280. The maximum Gasteiger partial charge on any atom is 0.257 e. The smallest absolute Gasteiger partial charge is 0.257 e. The van der Waals surface area contributed by atoms with Crippen LogP contribution in [0, 0.1) is 0 Å². The van der Waals surface area contributed by atoms with Crippen molar-refractivity contribution in [3.63, 3.8) is 0 Å². The molecule has 41 heavy (non-hydrogen) atoms. The highest BCUT2D eigenvalue weighted by Crippen LogP contribution is 2.31. The number of hydrogen-bond acceptors (Lipinski definition) is 10. The van der Waals surface area contributed by atoms with Crippen LogP contribution in [0.1, 0.15) is 56.1 Å². The van der Waals surface area contributed by atoms with Crippen molar-refractivity contribution in [3.05, 3.63) is 52.4 Å². The number of piperidine rings is 1. The number of aromatic nitrogens is 3. The highest BCUT2D eigenvalue weighted by Gasteiger charge is 2.38. The monoisotopic (exact) mass is 603 g/mol. The minimum atomic E-state index is -0.0976. The summed E-state index contributed by atoms with van der Waals surface area (Å²) in [5.74, 6) is 1.39. The van der Waals surface area contributed by atoms with Crippen LogP contribution < -0.4 is 16.0 Å². The zero-order valence-electron chi connectivity index (χ0n) is 24.1. The number of amides is 1. The molecule has 2 aromatic heterocycles. The number of ether oxygens (including phenoxy) is 1. The van der Waals surface area contributed by atoms with Gasteiger partial charge in [0.1, 0.15) is 16.7 Å². The summed E-state index contributed by atoms with van der Waals surface area (Å²) < 4.78 is 5.69. The molecule has 0 radical (unpaired) electrons. The molecular formula is C28H39Cl2N9O2. The number of nitrogen functional groups attached to an aromatic ring is 1. The normalized spacial score (nSPS) is 20.7. The summed E-state index contributed by atoms with van der Waals surface area (Å²) in [6, 6.07) is 4.10. The van der Waals surface area contributed by atoms with E-state index in [4.69, 9.17) is 33.7 Å². The lowest BCUT2D eigenvalue weighted by Crippen LogP contribution is -2.62. The van der Waals surface area contributed by atoms with Gasteiger partial charge in [0.05, 0.1) is 11.8 Å². The fraction of sp³-hybridized carbons (Fsp3) is 0.536. The third-order valence-electron chi connectivity index (χ3n) is 7.70. The van der Waals surface area contributed by atoms with Crippen molar-refractivity contribution in [1.29, 1.82) is 0 Å². The molecular weight excluding hydrogens is 565 g/mol. The van der Waals surface area contributed by atoms with E-state index in [1.807, 2.05) is 11.8 Å². The molecule has 2 fully saturated rings. The summed E-state index contributed by atoms with van der Waals surface area (Å²) in [5.41, 5.74) is 6.80. The van der Waals surface area contributed by atoms with Gasteiger partial charge in [-0.1, -0.05) is 30.1 Å². The molecule has 1 unspecified atom stereocenters. The highest BCUT2D eigenvalue weighted by atomic mass is 35.5. The number of pyridine rings is 1. The molecule has 0 saturated carbocycles. The van der Waals surface area contributed by atoms with Gasteiger partial charge in [-0.2, -0.15) is 0 Å². The summed E-state index contributed by atoms with van der Waals surface area (Å²) in [6.45, 7) is 13.8. The van der Waals surface area contributed by atoms with Crippen LogP contribution in [0.4, 0.5) is 11.6 Å². The third kappa shape index (κ3) is 7.02. The van der Waals surface area contributed by atoms with Crippen molar-refractivity contribution in [3.8, 4) is 0 Å². The fourth-order valence-electron chi connectivity index (χ4n) is 5.59. The molecule has 11 nitrogen and oxygen atoms in total. The van der Waals surface area contributed by atoms with E-state index in [1.165, 1.54) is 0 Å². The Morgan fingerprint density at radius 2 is 1.95 bits per heavy atom. The number of carbonyl (C=O) groups is 1. The second-order valence-corrected chi connectivity index (χ2v) is 11.0.